The molecule has 1 saturated heterocycles. The van der Waals surface area contributed by atoms with Crippen molar-refractivity contribution in [3.8, 4) is 0 Å². The van der Waals surface area contributed by atoms with Crippen molar-refractivity contribution in [2.45, 2.75) is 51.1 Å². The Morgan fingerprint density at radius 2 is 1.51 bits per heavy atom. The summed E-state index contributed by atoms with van der Waals surface area (Å²) in [4.78, 5) is 61.8. The van der Waals surface area contributed by atoms with E-state index < -0.39 is 64.8 Å². The van der Waals surface area contributed by atoms with Crippen LogP contribution in [0.3, 0.4) is 0 Å². The number of nitrogens with one attached hydrogen (secondary N) is 3. The quantitative estimate of drug-likeness (QED) is 0.144. The van der Waals surface area contributed by atoms with Crippen molar-refractivity contribution in [3.63, 3.8) is 0 Å². The van der Waals surface area contributed by atoms with E-state index in [1.165, 1.54) is 6.92 Å². The molecule has 0 bridgehead atoms. The van der Waals surface area contributed by atoms with Gasteiger partial charge in [0.25, 0.3) is 5.91 Å². The maximum atomic E-state index is 12.8. The SMILES string of the molecule is C[C@@H](NC(=O)CC[C@@H](NC(=O)OCc1ccccc1)C(=O)OCc1ccccc1)C(=O)N[C@H]1CN(S(=O)(=O)O)C1=O. The smallest absolute Gasteiger partial charge is 0.408 e. The largest absolute Gasteiger partial charge is 0.459 e. The van der Waals surface area contributed by atoms with Crippen molar-refractivity contribution in [2.24, 2.45) is 0 Å². The number of ether oxygens (including phenoxy) is 2. The highest BCUT2D eigenvalue weighted by Crippen LogP contribution is 2.14. The lowest BCUT2D eigenvalue weighted by atomic mass is 10.1. The van der Waals surface area contributed by atoms with E-state index >= 15 is 0 Å². The van der Waals surface area contributed by atoms with Crippen molar-refractivity contribution < 1.29 is 46.4 Å². The van der Waals surface area contributed by atoms with Crippen molar-refractivity contribution in [1.82, 2.24) is 20.3 Å². The monoisotopic (exact) mass is 590 g/mol. The van der Waals surface area contributed by atoms with Gasteiger partial charge in [0.15, 0.2) is 0 Å². The van der Waals surface area contributed by atoms with Gasteiger partial charge >= 0.3 is 22.4 Å². The highest BCUT2D eigenvalue weighted by atomic mass is 32.2. The molecular weight excluding hydrogens is 560 g/mol. The summed E-state index contributed by atoms with van der Waals surface area (Å²) < 4.78 is 41.6. The fraction of sp³-hybridized carbons (Fsp3) is 0.346. The molecule has 4 amide bonds. The predicted molar refractivity (Wildman–Crippen MR) is 142 cm³/mol. The number of carbonyl (C=O) groups is 5. The van der Waals surface area contributed by atoms with Crippen LogP contribution in [-0.2, 0) is 52.2 Å². The Balaban J connectivity index is 1.51. The summed E-state index contributed by atoms with van der Waals surface area (Å²) in [7, 11) is -4.71. The second-order valence-corrected chi connectivity index (χ2v) is 10.4. The molecule has 0 spiro atoms. The number of rotatable bonds is 13. The van der Waals surface area contributed by atoms with E-state index in [1.807, 2.05) is 6.07 Å². The van der Waals surface area contributed by atoms with Gasteiger partial charge in [-0.25, -0.2) is 13.9 Å². The molecule has 1 fully saturated rings. The number of alkyl carbamates (subject to hydrolysis) is 1. The minimum atomic E-state index is -4.71. The second-order valence-electron chi connectivity index (χ2n) is 9.09. The number of β-lactam (4-membered cyclic amide) rings is 1. The Morgan fingerprint density at radius 1 is 0.951 bits per heavy atom. The molecule has 0 unspecified atom stereocenters. The van der Waals surface area contributed by atoms with Gasteiger partial charge in [-0.05, 0) is 24.5 Å². The van der Waals surface area contributed by atoms with Crippen LogP contribution in [0.25, 0.3) is 0 Å². The van der Waals surface area contributed by atoms with Crippen LogP contribution in [0, 0.1) is 0 Å². The van der Waals surface area contributed by atoms with Crippen LogP contribution in [0.5, 0.6) is 0 Å². The summed E-state index contributed by atoms with van der Waals surface area (Å²) in [5.74, 6) is -3.22. The number of esters is 1. The average Bonchev–Trinajstić information content (AvgIpc) is 2.94. The summed E-state index contributed by atoms with van der Waals surface area (Å²) in [5, 5.41) is 7.09. The number of amides is 4. The van der Waals surface area contributed by atoms with E-state index in [0.717, 1.165) is 5.56 Å². The van der Waals surface area contributed by atoms with Gasteiger partial charge in [0.05, 0.1) is 6.54 Å². The molecule has 2 aromatic rings. The van der Waals surface area contributed by atoms with Crippen LogP contribution < -0.4 is 16.0 Å². The third kappa shape index (κ3) is 9.58. The summed E-state index contributed by atoms with van der Waals surface area (Å²) >= 11 is 0. The Hall–Kier alpha value is -4.50. The molecule has 0 aromatic heterocycles. The molecule has 1 aliphatic heterocycles. The lowest BCUT2D eigenvalue weighted by molar-refractivity contribution is -0.147. The van der Waals surface area contributed by atoms with Gasteiger partial charge in [0.2, 0.25) is 11.8 Å². The van der Waals surface area contributed by atoms with Crippen molar-refractivity contribution in [2.75, 3.05) is 6.54 Å². The Bertz CT molecular complexity index is 1350. The highest BCUT2D eigenvalue weighted by Gasteiger charge is 2.44. The minimum Gasteiger partial charge on any atom is -0.459 e. The molecule has 1 aliphatic rings. The topological polar surface area (TPSA) is 198 Å². The fourth-order valence-electron chi connectivity index (χ4n) is 3.65. The number of hydrogen-bond donors (Lipinski definition) is 4. The minimum absolute atomic E-state index is 0.0446. The summed E-state index contributed by atoms with van der Waals surface area (Å²) in [6.07, 6.45) is -1.37. The maximum absolute atomic E-state index is 12.8. The van der Waals surface area contributed by atoms with E-state index in [2.05, 4.69) is 16.0 Å². The first-order valence-electron chi connectivity index (χ1n) is 12.5. The molecule has 2 aromatic carbocycles. The van der Waals surface area contributed by atoms with E-state index in [-0.39, 0.29) is 30.4 Å². The summed E-state index contributed by atoms with van der Waals surface area (Å²) in [5.41, 5.74) is 1.44. The number of hydrogen-bond acceptors (Lipinski definition) is 9. The molecule has 3 atom stereocenters. The Labute approximate surface area is 236 Å². The van der Waals surface area contributed by atoms with E-state index in [4.69, 9.17) is 14.0 Å². The third-order valence-corrected chi connectivity index (χ3v) is 6.82. The molecule has 14 nitrogen and oxygen atoms in total. The number of nitrogens with zero attached hydrogens (tertiary/aromatic N) is 1. The van der Waals surface area contributed by atoms with Gasteiger partial charge in [-0.15, -0.1) is 0 Å². The van der Waals surface area contributed by atoms with Crippen LogP contribution in [0.4, 0.5) is 4.79 Å². The lowest BCUT2D eigenvalue weighted by Gasteiger charge is -2.35. The van der Waals surface area contributed by atoms with E-state index in [9.17, 15) is 32.4 Å². The first-order valence-corrected chi connectivity index (χ1v) is 13.9. The second kappa shape index (κ2) is 14.2. The van der Waals surface area contributed by atoms with E-state index in [0.29, 0.717) is 5.56 Å². The standard InChI is InChI=1S/C26H30N4O10S/c1-17(23(32)28-21-14-30(24(21)33)41(36,37)38)27-22(31)13-12-20(25(34)39-15-18-8-4-2-5-9-18)29-26(35)40-16-19-10-6-3-7-11-19/h2-11,17,20-21H,12-16H2,1H3,(H,27,31)(H,28,32)(H,29,35)(H,36,37,38)/t17-,20-,21+/m1/s1. The van der Waals surface area contributed by atoms with Crippen LogP contribution in [0.2, 0.25) is 0 Å². The molecule has 4 N–H and O–H groups in total. The van der Waals surface area contributed by atoms with Gasteiger partial charge in [-0.1, -0.05) is 60.7 Å². The van der Waals surface area contributed by atoms with Crippen molar-refractivity contribution in [3.05, 3.63) is 71.8 Å². The zero-order valence-corrected chi connectivity index (χ0v) is 22.8. The summed E-state index contributed by atoms with van der Waals surface area (Å²) in [6, 6.07) is 14.2. The maximum Gasteiger partial charge on any atom is 0.408 e. The molecule has 15 heteroatoms. The molecular formula is C26H30N4O10S. The van der Waals surface area contributed by atoms with Gasteiger partial charge < -0.3 is 25.4 Å². The normalized spacial score (nSPS) is 16.0. The highest BCUT2D eigenvalue weighted by molar-refractivity contribution is 7.84. The molecule has 0 saturated carbocycles. The van der Waals surface area contributed by atoms with Crippen molar-refractivity contribution in [1.29, 1.82) is 0 Å². The zero-order valence-electron chi connectivity index (χ0n) is 22.0. The van der Waals surface area contributed by atoms with Gasteiger partial charge in [-0.2, -0.15) is 8.42 Å². The number of benzene rings is 2. The Kier molecular flexibility index (Phi) is 10.8. The summed E-state index contributed by atoms with van der Waals surface area (Å²) in [6.45, 7) is 0.789. The van der Waals surface area contributed by atoms with Crippen LogP contribution in [0.1, 0.15) is 30.9 Å². The van der Waals surface area contributed by atoms with Crippen LogP contribution in [-0.4, -0.2) is 71.7 Å². The zero-order chi connectivity index (χ0) is 30.0. The van der Waals surface area contributed by atoms with E-state index in [1.54, 1.807) is 54.6 Å². The fourth-order valence-corrected chi connectivity index (χ4v) is 4.34. The number of carbonyl (C=O) groups excluding carboxylic acids is 5. The van der Waals surface area contributed by atoms with Gasteiger partial charge in [0, 0.05) is 6.42 Å². The molecule has 3 rings (SSSR count). The first-order chi connectivity index (χ1) is 19.4. The molecule has 0 radical (unpaired) electrons. The van der Waals surface area contributed by atoms with Crippen LogP contribution >= 0.6 is 0 Å². The molecule has 0 aliphatic carbocycles. The predicted octanol–water partition coefficient (Wildman–Crippen LogP) is 0.440. The molecule has 220 valence electrons. The third-order valence-electron chi connectivity index (χ3n) is 5.93. The van der Waals surface area contributed by atoms with Crippen LogP contribution in [0.15, 0.2) is 60.7 Å². The average molecular weight is 591 g/mol. The van der Waals surface area contributed by atoms with Crippen molar-refractivity contribution >= 4 is 40.1 Å². The molecule has 1 heterocycles. The van der Waals surface area contributed by atoms with Gasteiger partial charge in [0.1, 0.15) is 31.3 Å². The lowest BCUT2D eigenvalue weighted by Crippen LogP contribution is -2.66. The Morgan fingerprint density at radius 3 is 2.05 bits per heavy atom. The molecule has 41 heavy (non-hydrogen) atoms. The first kappa shape index (κ1) is 31.0. The van der Waals surface area contributed by atoms with Gasteiger partial charge in [-0.3, -0.25) is 18.9 Å².